The molecule has 1 aliphatic carbocycles. The summed E-state index contributed by atoms with van der Waals surface area (Å²) in [5.74, 6) is -0.125. The third-order valence-corrected chi connectivity index (χ3v) is 4.32. The molecule has 1 fully saturated rings. The molecule has 0 spiro atoms. The Morgan fingerprint density at radius 3 is 1.85 bits per heavy atom. The van der Waals surface area contributed by atoms with Crippen LogP contribution in [0.3, 0.4) is 0 Å². The summed E-state index contributed by atoms with van der Waals surface area (Å²) in [5.41, 5.74) is 1.36. The number of carbonyl (C=O) groups is 2. The maximum absolute atomic E-state index is 12.3. The number of nitrogens with one attached hydrogen (secondary N) is 2. The summed E-state index contributed by atoms with van der Waals surface area (Å²) in [4.78, 5) is 24.5. The fourth-order valence-electron chi connectivity index (χ4n) is 2.67. The maximum atomic E-state index is 12.3. The number of hydrogen-bond acceptors (Lipinski definition) is 3. The summed E-state index contributed by atoms with van der Waals surface area (Å²) in [5, 5.41) is 6.27. The van der Waals surface area contributed by atoms with Gasteiger partial charge in [0.15, 0.2) is 0 Å². The number of halogens is 1. The Kier molecular flexibility index (Phi) is 5.47. The lowest BCUT2D eigenvalue weighted by atomic mass is 10.2. The number of hydrogen-bond donors (Lipinski definition) is 2. The lowest BCUT2D eigenvalue weighted by molar-refractivity contribution is -0.122. The number of ether oxygens (including phenoxy) is 1. The Balaban J connectivity index is 1.50. The van der Waals surface area contributed by atoms with E-state index in [0.717, 1.165) is 5.75 Å². The molecule has 0 aromatic heterocycles. The van der Waals surface area contributed by atoms with Gasteiger partial charge in [0.25, 0.3) is 0 Å². The van der Waals surface area contributed by atoms with Crippen molar-refractivity contribution in [1.82, 2.24) is 0 Å². The van der Waals surface area contributed by atoms with Crippen LogP contribution in [0.15, 0.2) is 48.5 Å². The molecule has 2 atom stereocenters. The van der Waals surface area contributed by atoms with Crippen LogP contribution < -0.4 is 15.4 Å². The van der Waals surface area contributed by atoms with Crippen LogP contribution in [0, 0.1) is 11.8 Å². The molecule has 0 heterocycles. The molecule has 5 nitrogen and oxygen atoms in total. The lowest BCUT2D eigenvalue weighted by Gasteiger charge is -2.10. The van der Waals surface area contributed by atoms with Gasteiger partial charge in [0.2, 0.25) is 11.8 Å². The molecule has 2 amide bonds. The van der Waals surface area contributed by atoms with Gasteiger partial charge in [-0.3, -0.25) is 9.59 Å². The Morgan fingerprint density at radius 2 is 1.38 bits per heavy atom. The number of anilines is 2. The summed E-state index contributed by atoms with van der Waals surface area (Å²) >= 11 is 5.83. The van der Waals surface area contributed by atoms with Gasteiger partial charge in [-0.05, 0) is 68.8 Å². The smallest absolute Gasteiger partial charge is 0.228 e. The highest BCUT2D eigenvalue weighted by molar-refractivity contribution is 6.30. The first-order valence-corrected chi connectivity index (χ1v) is 8.94. The van der Waals surface area contributed by atoms with E-state index in [0.29, 0.717) is 22.8 Å². The van der Waals surface area contributed by atoms with Crippen molar-refractivity contribution in [1.29, 1.82) is 0 Å². The summed E-state index contributed by atoms with van der Waals surface area (Å²) in [6, 6.07) is 14.1. The van der Waals surface area contributed by atoms with Crippen LogP contribution in [0.4, 0.5) is 11.4 Å². The zero-order chi connectivity index (χ0) is 18.7. The van der Waals surface area contributed by atoms with Gasteiger partial charge >= 0.3 is 0 Å². The van der Waals surface area contributed by atoms with Gasteiger partial charge in [-0.2, -0.15) is 0 Å². The number of carbonyl (C=O) groups excluding carboxylic acids is 2. The molecule has 0 aliphatic heterocycles. The topological polar surface area (TPSA) is 67.4 Å². The highest BCUT2D eigenvalue weighted by Gasteiger charge is 2.48. The lowest BCUT2D eigenvalue weighted by Crippen LogP contribution is -2.20. The average Bonchev–Trinajstić information content (AvgIpc) is 3.39. The van der Waals surface area contributed by atoms with Crippen molar-refractivity contribution < 1.29 is 14.3 Å². The van der Waals surface area contributed by atoms with E-state index in [1.807, 2.05) is 26.0 Å². The number of amides is 2. The molecule has 2 N–H and O–H groups in total. The highest BCUT2D eigenvalue weighted by atomic mass is 35.5. The Bertz CT molecular complexity index is 788. The highest BCUT2D eigenvalue weighted by Crippen LogP contribution is 2.40. The average molecular weight is 373 g/mol. The van der Waals surface area contributed by atoms with Crippen LogP contribution in [0.2, 0.25) is 5.02 Å². The molecule has 1 aliphatic rings. The summed E-state index contributed by atoms with van der Waals surface area (Å²) in [7, 11) is 0. The van der Waals surface area contributed by atoms with Crippen molar-refractivity contribution in [3.8, 4) is 5.75 Å². The molecule has 1 saturated carbocycles. The molecule has 6 heteroatoms. The fourth-order valence-corrected chi connectivity index (χ4v) is 2.79. The number of benzene rings is 2. The third kappa shape index (κ3) is 4.76. The molecule has 2 aromatic rings. The SMILES string of the molecule is CC(C)Oc1ccc(NC(=O)C2CC2C(=O)Nc2ccc(Cl)cc2)cc1. The molecular weight excluding hydrogens is 352 g/mol. The quantitative estimate of drug-likeness (QED) is 0.792. The van der Waals surface area contributed by atoms with E-state index >= 15 is 0 Å². The monoisotopic (exact) mass is 372 g/mol. The standard InChI is InChI=1S/C20H21ClN2O3/c1-12(2)26-16-9-7-15(8-10-16)23-20(25)18-11-17(18)19(24)22-14-5-3-13(21)4-6-14/h3-10,12,17-18H,11H2,1-2H3,(H,22,24)(H,23,25). The minimum Gasteiger partial charge on any atom is -0.491 e. The van der Waals surface area contributed by atoms with Gasteiger partial charge in [0.05, 0.1) is 17.9 Å². The summed E-state index contributed by atoms with van der Waals surface area (Å²) < 4.78 is 5.57. The first kappa shape index (κ1) is 18.3. The zero-order valence-electron chi connectivity index (χ0n) is 14.7. The van der Waals surface area contributed by atoms with Crippen LogP contribution in [0.1, 0.15) is 20.3 Å². The molecule has 0 radical (unpaired) electrons. The molecule has 26 heavy (non-hydrogen) atoms. The summed E-state index contributed by atoms with van der Waals surface area (Å²) in [6.45, 7) is 3.91. The first-order chi connectivity index (χ1) is 12.4. The largest absolute Gasteiger partial charge is 0.491 e. The van der Waals surface area contributed by atoms with Gasteiger partial charge in [0, 0.05) is 16.4 Å². The normalized spacial score (nSPS) is 18.3. The van der Waals surface area contributed by atoms with Gasteiger partial charge < -0.3 is 15.4 Å². The van der Waals surface area contributed by atoms with Crippen molar-refractivity contribution in [3.63, 3.8) is 0 Å². The molecule has 2 unspecified atom stereocenters. The fraction of sp³-hybridized carbons (Fsp3) is 0.300. The summed E-state index contributed by atoms with van der Waals surface area (Å²) in [6.07, 6.45) is 0.654. The van der Waals surface area contributed by atoms with E-state index in [1.54, 1.807) is 36.4 Å². The minimum absolute atomic E-state index is 0.0989. The predicted molar refractivity (Wildman–Crippen MR) is 103 cm³/mol. The second kappa shape index (κ2) is 7.79. The number of rotatable bonds is 6. The third-order valence-electron chi connectivity index (χ3n) is 4.07. The molecule has 0 bridgehead atoms. The maximum Gasteiger partial charge on any atom is 0.228 e. The first-order valence-electron chi connectivity index (χ1n) is 8.56. The molecular formula is C20H21ClN2O3. The molecule has 2 aromatic carbocycles. The van der Waals surface area contributed by atoms with Crippen LogP contribution in [-0.2, 0) is 9.59 Å². The van der Waals surface area contributed by atoms with Gasteiger partial charge in [0.1, 0.15) is 5.75 Å². The second-order valence-corrected chi connectivity index (χ2v) is 7.06. The zero-order valence-corrected chi connectivity index (χ0v) is 15.4. The Hall–Kier alpha value is -2.53. The van der Waals surface area contributed by atoms with Crippen molar-refractivity contribution in [2.24, 2.45) is 11.8 Å². The molecule has 136 valence electrons. The second-order valence-electron chi connectivity index (χ2n) is 6.63. The van der Waals surface area contributed by atoms with E-state index < -0.39 is 0 Å². The van der Waals surface area contributed by atoms with E-state index in [4.69, 9.17) is 16.3 Å². The van der Waals surface area contributed by atoms with Crippen molar-refractivity contribution >= 4 is 34.8 Å². The predicted octanol–water partition coefficient (Wildman–Crippen LogP) is 4.34. The van der Waals surface area contributed by atoms with Crippen LogP contribution in [0.5, 0.6) is 5.75 Å². The van der Waals surface area contributed by atoms with Crippen molar-refractivity contribution in [2.45, 2.75) is 26.4 Å². The van der Waals surface area contributed by atoms with E-state index in [-0.39, 0.29) is 29.8 Å². The Morgan fingerprint density at radius 1 is 0.923 bits per heavy atom. The van der Waals surface area contributed by atoms with Crippen LogP contribution in [0.25, 0.3) is 0 Å². The molecule has 3 rings (SSSR count). The van der Waals surface area contributed by atoms with E-state index in [2.05, 4.69) is 10.6 Å². The molecule has 0 saturated heterocycles. The Labute approximate surface area is 157 Å². The van der Waals surface area contributed by atoms with Crippen molar-refractivity contribution in [3.05, 3.63) is 53.6 Å². The van der Waals surface area contributed by atoms with Crippen LogP contribution in [-0.4, -0.2) is 17.9 Å². The van der Waals surface area contributed by atoms with E-state index in [1.165, 1.54) is 0 Å². The van der Waals surface area contributed by atoms with E-state index in [9.17, 15) is 9.59 Å². The van der Waals surface area contributed by atoms with Gasteiger partial charge in [-0.1, -0.05) is 11.6 Å². The minimum atomic E-state index is -0.297. The van der Waals surface area contributed by atoms with Gasteiger partial charge in [-0.25, -0.2) is 0 Å². The van der Waals surface area contributed by atoms with Crippen LogP contribution >= 0.6 is 11.6 Å². The van der Waals surface area contributed by atoms with Crippen molar-refractivity contribution in [2.75, 3.05) is 10.6 Å². The van der Waals surface area contributed by atoms with Gasteiger partial charge in [-0.15, -0.1) is 0 Å².